The fourth-order valence-corrected chi connectivity index (χ4v) is 2.26. The van der Waals surface area contributed by atoms with Crippen LogP contribution in [0.15, 0.2) is 29.2 Å². The number of urea groups is 1. The van der Waals surface area contributed by atoms with E-state index in [0.29, 0.717) is 5.56 Å². The van der Waals surface area contributed by atoms with Crippen LogP contribution in [-0.2, 0) is 9.53 Å². The summed E-state index contributed by atoms with van der Waals surface area (Å²) in [5.41, 5.74) is 5.28. The lowest BCUT2D eigenvalue weighted by Gasteiger charge is -2.20. The highest BCUT2D eigenvalue weighted by Gasteiger charge is 2.28. The molecule has 0 saturated heterocycles. The molecule has 114 valence electrons. The third kappa shape index (κ3) is 4.78. The van der Waals surface area contributed by atoms with Gasteiger partial charge in [-0.15, -0.1) is 11.8 Å². The van der Waals surface area contributed by atoms with Crippen LogP contribution in [0.5, 0.6) is 0 Å². The molecule has 0 heterocycles. The second kappa shape index (κ2) is 7.68. The zero-order chi connectivity index (χ0) is 16.0. The number of nitrogens with two attached hydrogens (primary N) is 1. The zero-order valence-electron chi connectivity index (χ0n) is 12.1. The van der Waals surface area contributed by atoms with Crippen LogP contribution in [0.1, 0.15) is 24.2 Å². The van der Waals surface area contributed by atoms with Gasteiger partial charge in [-0.3, -0.25) is 10.1 Å². The number of rotatable bonds is 5. The first-order chi connectivity index (χ1) is 9.86. The van der Waals surface area contributed by atoms with Crippen LogP contribution in [0.3, 0.4) is 0 Å². The predicted molar refractivity (Wildman–Crippen MR) is 80.0 cm³/mol. The molecule has 1 rings (SSSR count). The number of benzene rings is 1. The van der Waals surface area contributed by atoms with E-state index in [4.69, 9.17) is 10.5 Å². The summed E-state index contributed by atoms with van der Waals surface area (Å²) < 4.78 is 5.23. The number of thioether (sulfide) groups is 1. The summed E-state index contributed by atoms with van der Waals surface area (Å²) in [6.45, 7) is 3.41. The topological polar surface area (TPSA) is 98.5 Å². The van der Waals surface area contributed by atoms with Gasteiger partial charge in [0.15, 0.2) is 6.10 Å². The largest absolute Gasteiger partial charge is 0.448 e. The van der Waals surface area contributed by atoms with Gasteiger partial charge < -0.3 is 10.5 Å². The average Bonchev–Trinajstić information content (AvgIpc) is 2.43. The van der Waals surface area contributed by atoms with E-state index in [2.05, 4.69) is 0 Å². The Morgan fingerprint density at radius 3 is 2.38 bits per heavy atom. The number of nitrogens with one attached hydrogen (secondary N) is 1. The molecule has 1 aromatic carbocycles. The Hall–Kier alpha value is -2.02. The SMILES string of the molecule is CSc1ccccc1C(=O)OC(C(=O)NC(N)=O)C(C)C. The van der Waals surface area contributed by atoms with E-state index in [1.807, 2.05) is 17.6 Å². The smallest absolute Gasteiger partial charge is 0.340 e. The van der Waals surface area contributed by atoms with Crippen molar-refractivity contribution < 1.29 is 19.1 Å². The summed E-state index contributed by atoms with van der Waals surface area (Å²) in [6.07, 6.45) is 0.756. The van der Waals surface area contributed by atoms with Crippen molar-refractivity contribution >= 4 is 29.7 Å². The summed E-state index contributed by atoms with van der Waals surface area (Å²) in [5, 5.41) is 1.93. The van der Waals surface area contributed by atoms with Gasteiger partial charge >= 0.3 is 12.0 Å². The van der Waals surface area contributed by atoms with Crippen LogP contribution in [0.25, 0.3) is 0 Å². The standard InChI is InChI=1S/C14H18N2O4S/c1-8(2)11(12(17)16-14(15)19)20-13(18)9-6-4-5-7-10(9)21-3/h4-8,11H,1-3H3,(H3,15,16,17,19). The summed E-state index contributed by atoms with van der Waals surface area (Å²) in [6, 6.07) is 5.95. The summed E-state index contributed by atoms with van der Waals surface area (Å²) in [5.74, 6) is -1.64. The Labute approximate surface area is 127 Å². The van der Waals surface area contributed by atoms with Crippen LogP contribution in [0, 0.1) is 5.92 Å². The Balaban J connectivity index is 2.91. The van der Waals surface area contributed by atoms with Gasteiger partial charge in [-0.2, -0.15) is 0 Å². The molecular formula is C14H18N2O4S. The number of imide groups is 1. The van der Waals surface area contributed by atoms with Gasteiger partial charge in [0.25, 0.3) is 5.91 Å². The van der Waals surface area contributed by atoms with Gasteiger partial charge in [0.05, 0.1) is 5.56 Å². The monoisotopic (exact) mass is 310 g/mol. The highest BCUT2D eigenvalue weighted by molar-refractivity contribution is 7.98. The van der Waals surface area contributed by atoms with Gasteiger partial charge in [-0.1, -0.05) is 26.0 Å². The summed E-state index contributed by atoms with van der Waals surface area (Å²) in [4.78, 5) is 35.5. The predicted octanol–water partition coefficient (Wildman–Crippen LogP) is 1.78. The quantitative estimate of drug-likeness (QED) is 0.638. The van der Waals surface area contributed by atoms with E-state index in [1.54, 1.807) is 32.0 Å². The summed E-state index contributed by atoms with van der Waals surface area (Å²) in [7, 11) is 0. The normalized spacial score (nSPS) is 11.8. The maximum Gasteiger partial charge on any atom is 0.340 e. The molecule has 0 aliphatic carbocycles. The van der Waals surface area contributed by atoms with Crippen molar-refractivity contribution in [3.05, 3.63) is 29.8 Å². The van der Waals surface area contributed by atoms with E-state index >= 15 is 0 Å². The van der Waals surface area contributed by atoms with Crippen molar-refractivity contribution in [1.29, 1.82) is 0 Å². The Morgan fingerprint density at radius 1 is 1.24 bits per heavy atom. The van der Waals surface area contributed by atoms with Gasteiger partial charge in [0, 0.05) is 4.90 Å². The lowest BCUT2D eigenvalue weighted by Crippen LogP contribution is -2.45. The minimum Gasteiger partial charge on any atom is -0.448 e. The molecule has 0 bridgehead atoms. The van der Waals surface area contributed by atoms with Crippen LogP contribution >= 0.6 is 11.8 Å². The molecule has 6 nitrogen and oxygen atoms in total. The van der Waals surface area contributed by atoms with Crippen molar-refractivity contribution in [1.82, 2.24) is 5.32 Å². The minimum atomic E-state index is -1.08. The molecular weight excluding hydrogens is 292 g/mol. The van der Waals surface area contributed by atoms with E-state index in [1.165, 1.54) is 11.8 Å². The molecule has 0 spiro atoms. The fraction of sp³-hybridized carbons (Fsp3) is 0.357. The van der Waals surface area contributed by atoms with Crippen LogP contribution in [-0.4, -0.2) is 30.3 Å². The fourth-order valence-electron chi connectivity index (χ4n) is 1.68. The molecule has 7 heteroatoms. The average molecular weight is 310 g/mol. The number of carbonyl (C=O) groups excluding carboxylic acids is 3. The highest BCUT2D eigenvalue weighted by atomic mass is 32.2. The van der Waals surface area contributed by atoms with Crippen molar-refractivity contribution in [2.75, 3.05) is 6.26 Å². The highest BCUT2D eigenvalue weighted by Crippen LogP contribution is 2.21. The second-order valence-electron chi connectivity index (χ2n) is 4.62. The molecule has 0 radical (unpaired) electrons. The summed E-state index contributed by atoms with van der Waals surface area (Å²) >= 11 is 1.40. The third-order valence-electron chi connectivity index (χ3n) is 2.67. The van der Waals surface area contributed by atoms with E-state index in [-0.39, 0.29) is 5.92 Å². The van der Waals surface area contributed by atoms with Gasteiger partial charge in [0.1, 0.15) is 0 Å². The van der Waals surface area contributed by atoms with Crippen molar-refractivity contribution in [2.45, 2.75) is 24.8 Å². The second-order valence-corrected chi connectivity index (χ2v) is 5.47. The molecule has 0 saturated carbocycles. The van der Waals surface area contributed by atoms with Crippen molar-refractivity contribution in [3.63, 3.8) is 0 Å². The first kappa shape index (κ1) is 17.0. The Morgan fingerprint density at radius 2 is 1.86 bits per heavy atom. The number of ether oxygens (including phenoxy) is 1. The number of amides is 3. The number of hydrogen-bond acceptors (Lipinski definition) is 5. The molecule has 0 fully saturated rings. The number of primary amides is 1. The van der Waals surface area contributed by atoms with Gasteiger partial charge in [0.2, 0.25) is 0 Å². The third-order valence-corrected chi connectivity index (χ3v) is 3.47. The van der Waals surface area contributed by atoms with Gasteiger partial charge in [-0.05, 0) is 24.3 Å². The molecule has 1 atom stereocenters. The maximum absolute atomic E-state index is 12.2. The van der Waals surface area contributed by atoms with Crippen molar-refractivity contribution in [2.24, 2.45) is 11.7 Å². The maximum atomic E-state index is 12.2. The molecule has 0 aliphatic rings. The molecule has 3 amide bonds. The van der Waals surface area contributed by atoms with Gasteiger partial charge in [-0.25, -0.2) is 9.59 Å². The van der Waals surface area contributed by atoms with Crippen molar-refractivity contribution in [3.8, 4) is 0 Å². The molecule has 3 N–H and O–H groups in total. The van der Waals surface area contributed by atoms with Crippen LogP contribution in [0.2, 0.25) is 0 Å². The lowest BCUT2D eigenvalue weighted by molar-refractivity contribution is -0.130. The molecule has 1 unspecified atom stereocenters. The number of hydrogen-bond donors (Lipinski definition) is 2. The first-order valence-corrected chi connectivity index (χ1v) is 7.53. The lowest BCUT2D eigenvalue weighted by atomic mass is 10.1. The zero-order valence-corrected chi connectivity index (χ0v) is 12.9. The molecule has 21 heavy (non-hydrogen) atoms. The number of carbonyl (C=O) groups is 3. The molecule has 0 aliphatic heterocycles. The van der Waals surface area contributed by atoms with Crippen LogP contribution in [0.4, 0.5) is 4.79 Å². The Bertz CT molecular complexity index is 546. The van der Waals surface area contributed by atoms with E-state index < -0.39 is 24.0 Å². The van der Waals surface area contributed by atoms with E-state index in [9.17, 15) is 14.4 Å². The number of esters is 1. The van der Waals surface area contributed by atoms with Crippen LogP contribution < -0.4 is 11.1 Å². The molecule has 0 aromatic heterocycles. The Kier molecular flexibility index (Phi) is 6.23. The minimum absolute atomic E-state index is 0.297. The first-order valence-electron chi connectivity index (χ1n) is 6.31. The van der Waals surface area contributed by atoms with E-state index in [0.717, 1.165) is 4.90 Å². The molecule has 1 aromatic rings.